The summed E-state index contributed by atoms with van der Waals surface area (Å²) in [6.45, 7) is 3.90. The van der Waals surface area contributed by atoms with E-state index in [1.54, 1.807) is 21.3 Å². The predicted octanol–water partition coefficient (Wildman–Crippen LogP) is 0.636. The first-order valence-corrected chi connectivity index (χ1v) is 6.04. The largest absolute Gasteiger partial charge is 0.501 e. The number of hydrogen-bond acceptors (Lipinski definition) is 5. The molecule has 0 aliphatic rings. The Morgan fingerprint density at radius 3 is 1.85 bits per heavy atom. The molecule has 0 aromatic rings. The van der Waals surface area contributed by atoms with Crippen LogP contribution in [-0.4, -0.2) is 43.2 Å². The van der Waals surface area contributed by atoms with E-state index in [1.165, 1.54) is 0 Å². The lowest BCUT2D eigenvalue weighted by molar-refractivity contribution is 0.123. The first-order chi connectivity index (χ1) is 5.74. The molecule has 0 saturated heterocycles. The third kappa shape index (κ3) is 5.35. The lowest BCUT2D eigenvalue weighted by atomic mass is 10.7. The Morgan fingerprint density at radius 1 is 1.08 bits per heavy atom. The fourth-order valence-corrected chi connectivity index (χ4v) is 2.57. The molecular formula is C7H22N2O3Si. The second kappa shape index (κ2) is 8.61. The normalized spacial score (nSPS) is 11.1. The zero-order valence-electron chi connectivity index (χ0n) is 9.05. The standard InChI is InChI=1S/C7H19NO3Si.H3N/c1-5-8-6-7-12(9-2,10-3)11-4;/h8H,5-7H2,1-4H3;1H3. The van der Waals surface area contributed by atoms with Crippen LogP contribution in [0.3, 0.4) is 0 Å². The highest BCUT2D eigenvalue weighted by molar-refractivity contribution is 6.60. The number of rotatable bonds is 7. The van der Waals surface area contributed by atoms with Crippen molar-refractivity contribution in [1.29, 1.82) is 0 Å². The van der Waals surface area contributed by atoms with Crippen LogP contribution in [0.1, 0.15) is 6.92 Å². The van der Waals surface area contributed by atoms with Gasteiger partial charge in [-0.1, -0.05) is 6.92 Å². The summed E-state index contributed by atoms with van der Waals surface area (Å²) in [5.74, 6) is 0. The van der Waals surface area contributed by atoms with E-state index in [0.29, 0.717) is 0 Å². The van der Waals surface area contributed by atoms with Crippen molar-refractivity contribution >= 4 is 8.80 Å². The third-order valence-corrected chi connectivity index (χ3v) is 4.52. The summed E-state index contributed by atoms with van der Waals surface area (Å²) in [6.07, 6.45) is 0. The van der Waals surface area contributed by atoms with Gasteiger partial charge in [0.2, 0.25) is 0 Å². The van der Waals surface area contributed by atoms with E-state index in [4.69, 9.17) is 13.3 Å². The highest BCUT2D eigenvalue weighted by atomic mass is 28.4. The lowest BCUT2D eigenvalue weighted by Crippen LogP contribution is -2.44. The molecule has 0 spiro atoms. The van der Waals surface area contributed by atoms with Crippen molar-refractivity contribution in [3.05, 3.63) is 0 Å². The minimum Gasteiger partial charge on any atom is -0.377 e. The molecule has 0 amide bonds. The van der Waals surface area contributed by atoms with Gasteiger partial charge in [0.25, 0.3) is 0 Å². The third-order valence-electron chi connectivity index (χ3n) is 1.79. The van der Waals surface area contributed by atoms with E-state index in [2.05, 4.69) is 12.2 Å². The Bertz CT molecular complexity index is 104. The Morgan fingerprint density at radius 2 is 1.54 bits per heavy atom. The van der Waals surface area contributed by atoms with Gasteiger partial charge in [0, 0.05) is 27.4 Å². The minimum absolute atomic E-state index is 0. The van der Waals surface area contributed by atoms with E-state index in [9.17, 15) is 0 Å². The molecule has 4 N–H and O–H groups in total. The fourth-order valence-electron chi connectivity index (χ4n) is 0.974. The van der Waals surface area contributed by atoms with Gasteiger partial charge in [-0.3, -0.25) is 0 Å². The van der Waals surface area contributed by atoms with Gasteiger partial charge in [0.15, 0.2) is 0 Å². The molecule has 0 unspecified atom stereocenters. The van der Waals surface area contributed by atoms with Crippen molar-refractivity contribution in [2.75, 3.05) is 34.4 Å². The molecular weight excluding hydrogens is 188 g/mol. The maximum Gasteiger partial charge on any atom is 0.501 e. The van der Waals surface area contributed by atoms with E-state index in [0.717, 1.165) is 19.1 Å². The summed E-state index contributed by atoms with van der Waals surface area (Å²) < 4.78 is 15.7. The first-order valence-electron chi connectivity index (χ1n) is 4.10. The highest BCUT2D eigenvalue weighted by Gasteiger charge is 2.36. The Hall–Kier alpha value is 0.0169. The van der Waals surface area contributed by atoms with Crippen molar-refractivity contribution in [3.8, 4) is 0 Å². The summed E-state index contributed by atoms with van der Waals surface area (Å²) in [7, 11) is 2.57. The van der Waals surface area contributed by atoms with Crippen molar-refractivity contribution in [3.63, 3.8) is 0 Å². The molecule has 0 rings (SSSR count). The molecule has 82 valence electrons. The summed E-state index contributed by atoms with van der Waals surface area (Å²) in [5, 5.41) is 3.20. The van der Waals surface area contributed by atoms with Crippen LogP contribution in [0.2, 0.25) is 6.04 Å². The zero-order chi connectivity index (χ0) is 9.45. The fraction of sp³-hybridized carbons (Fsp3) is 1.00. The SMILES string of the molecule is CCNCC[Si](OC)(OC)OC.N. The van der Waals surface area contributed by atoms with E-state index in [-0.39, 0.29) is 6.15 Å². The average Bonchev–Trinajstić information content (AvgIpc) is 2.14. The molecule has 0 heterocycles. The van der Waals surface area contributed by atoms with Crippen LogP contribution < -0.4 is 11.5 Å². The second-order valence-corrected chi connectivity index (χ2v) is 5.49. The van der Waals surface area contributed by atoms with Gasteiger partial charge in [-0.05, 0) is 13.1 Å². The van der Waals surface area contributed by atoms with Crippen LogP contribution in [0.15, 0.2) is 0 Å². The topological polar surface area (TPSA) is 74.7 Å². The summed E-state index contributed by atoms with van der Waals surface area (Å²) in [6, 6.07) is 0.810. The lowest BCUT2D eigenvalue weighted by Gasteiger charge is -2.24. The number of hydrogen-bond donors (Lipinski definition) is 2. The van der Waals surface area contributed by atoms with Crippen molar-refractivity contribution in [2.24, 2.45) is 0 Å². The molecule has 5 nitrogen and oxygen atoms in total. The van der Waals surface area contributed by atoms with Gasteiger partial charge in [-0.15, -0.1) is 0 Å². The Kier molecular flexibility index (Phi) is 10.3. The molecule has 0 fully saturated rings. The van der Waals surface area contributed by atoms with Crippen molar-refractivity contribution in [2.45, 2.75) is 13.0 Å². The van der Waals surface area contributed by atoms with Gasteiger partial charge in [-0.25, -0.2) is 0 Å². The summed E-state index contributed by atoms with van der Waals surface area (Å²) in [4.78, 5) is 0. The molecule has 0 bridgehead atoms. The van der Waals surface area contributed by atoms with Gasteiger partial charge in [0.05, 0.1) is 0 Å². The highest BCUT2D eigenvalue weighted by Crippen LogP contribution is 2.10. The van der Waals surface area contributed by atoms with Crippen LogP contribution in [0.25, 0.3) is 0 Å². The molecule has 0 saturated carbocycles. The van der Waals surface area contributed by atoms with E-state index >= 15 is 0 Å². The molecule has 13 heavy (non-hydrogen) atoms. The molecule has 6 heteroatoms. The summed E-state index contributed by atoms with van der Waals surface area (Å²) in [5.41, 5.74) is 0. The zero-order valence-corrected chi connectivity index (χ0v) is 10.1. The second-order valence-electron chi connectivity index (χ2n) is 2.40. The van der Waals surface area contributed by atoms with Crippen LogP contribution in [0.4, 0.5) is 0 Å². The van der Waals surface area contributed by atoms with Gasteiger partial charge in [-0.2, -0.15) is 0 Å². The molecule has 0 radical (unpaired) electrons. The molecule has 0 atom stereocenters. The monoisotopic (exact) mass is 210 g/mol. The molecule has 0 aromatic heterocycles. The van der Waals surface area contributed by atoms with Crippen molar-refractivity contribution in [1.82, 2.24) is 11.5 Å². The average molecular weight is 210 g/mol. The first kappa shape index (κ1) is 15.5. The molecule has 0 aliphatic heterocycles. The van der Waals surface area contributed by atoms with Gasteiger partial charge in [0.1, 0.15) is 0 Å². The Balaban J connectivity index is 0. The van der Waals surface area contributed by atoms with Crippen LogP contribution in [0.5, 0.6) is 0 Å². The maximum atomic E-state index is 5.24. The predicted molar refractivity (Wildman–Crippen MR) is 55.2 cm³/mol. The quantitative estimate of drug-likeness (QED) is 0.476. The minimum atomic E-state index is -2.32. The Labute approximate surface area is 81.7 Å². The van der Waals surface area contributed by atoms with Crippen LogP contribution in [0, 0.1) is 0 Å². The van der Waals surface area contributed by atoms with Crippen LogP contribution in [-0.2, 0) is 13.3 Å². The van der Waals surface area contributed by atoms with Gasteiger partial charge < -0.3 is 24.7 Å². The molecule has 0 aromatic carbocycles. The number of nitrogens with one attached hydrogen (secondary N) is 1. The van der Waals surface area contributed by atoms with Crippen molar-refractivity contribution < 1.29 is 13.3 Å². The maximum absolute atomic E-state index is 5.24. The van der Waals surface area contributed by atoms with Gasteiger partial charge >= 0.3 is 8.80 Å². The van der Waals surface area contributed by atoms with Crippen LogP contribution >= 0.6 is 0 Å². The smallest absolute Gasteiger partial charge is 0.377 e. The molecule has 0 aliphatic carbocycles. The summed E-state index contributed by atoms with van der Waals surface area (Å²) >= 11 is 0. The van der Waals surface area contributed by atoms with E-state index < -0.39 is 8.80 Å². The van der Waals surface area contributed by atoms with E-state index in [1.807, 2.05) is 0 Å².